The third kappa shape index (κ3) is 5.66. The molecule has 0 bridgehead atoms. The summed E-state index contributed by atoms with van der Waals surface area (Å²) in [5, 5.41) is 17.5. The van der Waals surface area contributed by atoms with Crippen LogP contribution >= 0.6 is 0 Å². The summed E-state index contributed by atoms with van der Waals surface area (Å²) in [7, 11) is 0. The fourth-order valence-electron chi connectivity index (χ4n) is 3.73. The third-order valence-corrected chi connectivity index (χ3v) is 5.49. The van der Waals surface area contributed by atoms with E-state index in [1.807, 2.05) is 105 Å². The van der Waals surface area contributed by atoms with E-state index >= 15 is 0 Å². The van der Waals surface area contributed by atoms with Crippen molar-refractivity contribution in [1.82, 2.24) is 15.1 Å². The molecule has 1 aromatic heterocycles. The molecule has 0 saturated heterocycles. The zero-order valence-corrected chi connectivity index (χ0v) is 19.7. The van der Waals surface area contributed by atoms with E-state index in [1.165, 1.54) is 0 Å². The molecule has 1 N–H and O–H groups in total. The van der Waals surface area contributed by atoms with Crippen molar-refractivity contribution in [2.75, 3.05) is 6.61 Å². The van der Waals surface area contributed by atoms with Gasteiger partial charge in [0.1, 0.15) is 23.1 Å². The van der Waals surface area contributed by atoms with Crippen LogP contribution in [0, 0.1) is 11.3 Å². The maximum atomic E-state index is 13.0. The second-order valence-electron chi connectivity index (χ2n) is 7.95. The Morgan fingerprint density at radius 3 is 2.49 bits per heavy atom. The topological polar surface area (TPSA) is 79.9 Å². The van der Waals surface area contributed by atoms with Gasteiger partial charge in [0.05, 0.1) is 18.3 Å². The molecule has 6 heteroatoms. The van der Waals surface area contributed by atoms with Gasteiger partial charge in [-0.2, -0.15) is 10.4 Å². The van der Waals surface area contributed by atoms with Crippen LogP contribution in [-0.2, 0) is 4.79 Å². The lowest BCUT2D eigenvalue weighted by atomic mass is 10.0. The number of nitriles is 1. The van der Waals surface area contributed by atoms with Crippen LogP contribution in [0.25, 0.3) is 23.0 Å². The zero-order valence-electron chi connectivity index (χ0n) is 19.7. The smallest absolute Gasteiger partial charge is 0.262 e. The summed E-state index contributed by atoms with van der Waals surface area (Å²) in [6.07, 6.45) is 3.41. The van der Waals surface area contributed by atoms with Crippen molar-refractivity contribution < 1.29 is 9.53 Å². The molecule has 1 amide bonds. The van der Waals surface area contributed by atoms with Crippen LogP contribution in [0.15, 0.2) is 96.7 Å². The predicted octanol–water partition coefficient (Wildman–Crippen LogP) is 5.72. The number of benzene rings is 3. The number of rotatable bonds is 8. The van der Waals surface area contributed by atoms with Gasteiger partial charge in [-0.15, -0.1) is 0 Å². The van der Waals surface area contributed by atoms with Crippen LogP contribution in [0.5, 0.6) is 5.75 Å². The summed E-state index contributed by atoms with van der Waals surface area (Å²) < 4.78 is 7.40. The minimum atomic E-state index is -0.440. The van der Waals surface area contributed by atoms with Gasteiger partial charge in [-0.25, -0.2) is 4.68 Å². The largest absolute Gasteiger partial charge is 0.494 e. The summed E-state index contributed by atoms with van der Waals surface area (Å²) in [5.74, 6) is 0.287. The highest BCUT2D eigenvalue weighted by atomic mass is 16.5. The Balaban J connectivity index is 1.72. The molecule has 0 radical (unpaired) electrons. The molecule has 1 heterocycles. The standard InChI is InChI=1S/C29H26N4O2/c1-3-35-27-16-10-13-23(18-27)28-25(20-33(32-28)26-14-8-5-9-15-26)17-24(19-30)29(34)31-21(2)22-11-6-4-7-12-22/h4-18,20-21H,3H2,1-2H3,(H,31,34)/b24-17+. The molecule has 6 nitrogen and oxygen atoms in total. The van der Waals surface area contributed by atoms with Crippen molar-refractivity contribution in [2.24, 2.45) is 0 Å². The number of ether oxygens (including phenoxy) is 1. The molecule has 0 aliphatic carbocycles. The summed E-state index contributed by atoms with van der Waals surface area (Å²) >= 11 is 0. The fourth-order valence-corrected chi connectivity index (χ4v) is 3.73. The molecule has 0 saturated carbocycles. The van der Waals surface area contributed by atoms with Crippen molar-refractivity contribution in [3.8, 4) is 28.8 Å². The van der Waals surface area contributed by atoms with Gasteiger partial charge in [0.2, 0.25) is 0 Å². The van der Waals surface area contributed by atoms with E-state index in [4.69, 9.17) is 9.84 Å². The lowest BCUT2D eigenvalue weighted by molar-refractivity contribution is -0.117. The number of para-hydroxylation sites is 1. The van der Waals surface area contributed by atoms with Crippen LogP contribution < -0.4 is 10.1 Å². The summed E-state index contributed by atoms with van der Waals surface area (Å²) in [6.45, 7) is 4.37. The summed E-state index contributed by atoms with van der Waals surface area (Å²) in [4.78, 5) is 13.0. The van der Waals surface area contributed by atoms with Crippen molar-refractivity contribution in [3.63, 3.8) is 0 Å². The number of hydrogen-bond donors (Lipinski definition) is 1. The molecule has 4 aromatic rings. The summed E-state index contributed by atoms with van der Waals surface area (Å²) in [5.41, 5.74) is 3.96. The maximum absolute atomic E-state index is 13.0. The lowest BCUT2D eigenvalue weighted by Gasteiger charge is -2.13. The molecule has 1 atom stereocenters. The van der Waals surface area contributed by atoms with Crippen molar-refractivity contribution in [3.05, 3.63) is 108 Å². The van der Waals surface area contributed by atoms with Gasteiger partial charge in [-0.05, 0) is 49.8 Å². The van der Waals surface area contributed by atoms with Gasteiger partial charge in [0, 0.05) is 17.3 Å². The van der Waals surface area contributed by atoms with E-state index in [0.717, 1.165) is 22.6 Å². The normalized spacial score (nSPS) is 12.0. The average Bonchev–Trinajstić information content (AvgIpc) is 3.32. The number of carbonyl (C=O) groups is 1. The highest BCUT2D eigenvalue weighted by Gasteiger charge is 2.17. The van der Waals surface area contributed by atoms with E-state index in [9.17, 15) is 10.1 Å². The SMILES string of the molecule is CCOc1cccc(-c2nn(-c3ccccc3)cc2/C=C(\C#N)C(=O)NC(C)c2ccccc2)c1. The lowest BCUT2D eigenvalue weighted by Crippen LogP contribution is -2.27. The van der Waals surface area contributed by atoms with Crippen LogP contribution in [-0.4, -0.2) is 22.3 Å². The molecular formula is C29H26N4O2. The Hall–Kier alpha value is -4.63. The van der Waals surface area contributed by atoms with Crippen molar-refractivity contribution >= 4 is 12.0 Å². The minimum Gasteiger partial charge on any atom is -0.494 e. The Morgan fingerprint density at radius 2 is 1.80 bits per heavy atom. The van der Waals surface area contributed by atoms with Crippen molar-refractivity contribution in [2.45, 2.75) is 19.9 Å². The molecule has 3 aromatic carbocycles. The van der Waals surface area contributed by atoms with Crippen LogP contribution in [0.1, 0.15) is 31.0 Å². The Morgan fingerprint density at radius 1 is 1.09 bits per heavy atom. The second-order valence-corrected chi connectivity index (χ2v) is 7.95. The Labute approximate surface area is 205 Å². The van der Waals surface area contributed by atoms with E-state index in [0.29, 0.717) is 17.9 Å². The van der Waals surface area contributed by atoms with E-state index in [2.05, 4.69) is 11.4 Å². The monoisotopic (exact) mass is 462 g/mol. The quantitative estimate of drug-likeness (QED) is 0.268. The number of carbonyl (C=O) groups excluding carboxylic acids is 1. The number of hydrogen-bond acceptors (Lipinski definition) is 4. The van der Waals surface area contributed by atoms with Gasteiger partial charge in [0.25, 0.3) is 5.91 Å². The van der Waals surface area contributed by atoms with Crippen LogP contribution in [0.2, 0.25) is 0 Å². The molecule has 0 spiro atoms. The number of nitrogens with zero attached hydrogens (tertiary/aromatic N) is 3. The number of aromatic nitrogens is 2. The molecule has 0 aliphatic heterocycles. The average molecular weight is 463 g/mol. The first kappa shape index (κ1) is 23.5. The maximum Gasteiger partial charge on any atom is 0.262 e. The third-order valence-electron chi connectivity index (χ3n) is 5.49. The molecule has 0 aliphatic rings. The molecule has 174 valence electrons. The first-order valence-electron chi connectivity index (χ1n) is 11.4. The van der Waals surface area contributed by atoms with Gasteiger partial charge in [0.15, 0.2) is 0 Å². The fraction of sp³-hybridized carbons (Fsp3) is 0.138. The van der Waals surface area contributed by atoms with Gasteiger partial charge >= 0.3 is 0 Å². The molecular weight excluding hydrogens is 436 g/mol. The molecule has 1 unspecified atom stereocenters. The highest BCUT2D eigenvalue weighted by Crippen LogP contribution is 2.28. The van der Waals surface area contributed by atoms with Crippen molar-refractivity contribution in [1.29, 1.82) is 5.26 Å². The number of amides is 1. The van der Waals surface area contributed by atoms with Crippen LogP contribution in [0.4, 0.5) is 0 Å². The molecule has 0 fully saturated rings. The molecule has 4 rings (SSSR count). The van der Waals surface area contributed by atoms with E-state index < -0.39 is 5.91 Å². The van der Waals surface area contributed by atoms with Crippen LogP contribution in [0.3, 0.4) is 0 Å². The Kier molecular flexibility index (Phi) is 7.39. The predicted molar refractivity (Wildman–Crippen MR) is 137 cm³/mol. The Bertz CT molecular complexity index is 1370. The first-order valence-corrected chi connectivity index (χ1v) is 11.4. The van der Waals surface area contributed by atoms with Gasteiger partial charge < -0.3 is 10.1 Å². The van der Waals surface area contributed by atoms with E-state index in [-0.39, 0.29) is 11.6 Å². The number of nitrogens with one attached hydrogen (secondary N) is 1. The minimum absolute atomic E-state index is 0.00241. The molecule has 35 heavy (non-hydrogen) atoms. The zero-order chi connectivity index (χ0) is 24.6. The van der Waals surface area contributed by atoms with Gasteiger partial charge in [-0.1, -0.05) is 60.7 Å². The second kappa shape index (κ2) is 11.0. The van der Waals surface area contributed by atoms with Gasteiger partial charge in [-0.3, -0.25) is 4.79 Å². The highest BCUT2D eigenvalue weighted by molar-refractivity contribution is 6.02. The first-order chi connectivity index (χ1) is 17.1. The van der Waals surface area contributed by atoms with E-state index in [1.54, 1.807) is 10.8 Å². The summed E-state index contributed by atoms with van der Waals surface area (Å²) in [6, 6.07) is 28.8.